The second-order valence-electron chi connectivity index (χ2n) is 5.65. The Morgan fingerprint density at radius 1 is 1.15 bits per heavy atom. The quantitative estimate of drug-likeness (QED) is 0.735. The van der Waals surface area contributed by atoms with Crippen LogP contribution in [-0.2, 0) is 0 Å². The summed E-state index contributed by atoms with van der Waals surface area (Å²) in [6.07, 6.45) is -1.64. The van der Waals surface area contributed by atoms with E-state index in [9.17, 15) is 18.0 Å². The summed E-state index contributed by atoms with van der Waals surface area (Å²) >= 11 is 0. The van der Waals surface area contributed by atoms with Crippen LogP contribution >= 0.6 is 0 Å². The van der Waals surface area contributed by atoms with Crippen molar-refractivity contribution in [2.24, 2.45) is 0 Å². The van der Waals surface area contributed by atoms with Gasteiger partial charge in [-0.05, 0) is 48.4 Å². The third kappa shape index (κ3) is 4.24. The van der Waals surface area contributed by atoms with Crippen molar-refractivity contribution < 1.29 is 18.0 Å². The Morgan fingerprint density at radius 3 is 2.69 bits per heavy atom. The fourth-order valence-electron chi connectivity index (χ4n) is 2.44. The molecule has 3 aromatic rings. The molecule has 2 heterocycles. The molecule has 0 bridgehead atoms. The number of benzene rings is 1. The van der Waals surface area contributed by atoms with Gasteiger partial charge in [0, 0.05) is 23.2 Å². The lowest BCUT2D eigenvalue weighted by Crippen LogP contribution is -2.14. The van der Waals surface area contributed by atoms with Crippen LogP contribution in [0.15, 0.2) is 54.7 Å². The summed E-state index contributed by atoms with van der Waals surface area (Å²) in [6.45, 7) is 1.66. The van der Waals surface area contributed by atoms with Crippen LogP contribution in [0.5, 0.6) is 0 Å². The molecular formula is C19H14F3N3O. The summed E-state index contributed by atoms with van der Waals surface area (Å²) in [7, 11) is 0. The molecule has 0 atom stereocenters. The van der Waals surface area contributed by atoms with Gasteiger partial charge >= 0.3 is 6.18 Å². The van der Waals surface area contributed by atoms with Crippen LogP contribution in [0.4, 0.5) is 19.0 Å². The minimum atomic E-state index is -4.38. The van der Waals surface area contributed by atoms with Gasteiger partial charge in [0.25, 0.3) is 5.91 Å². The van der Waals surface area contributed by atoms with Crippen LogP contribution in [0.1, 0.15) is 21.5 Å². The van der Waals surface area contributed by atoms with E-state index in [1.807, 2.05) is 6.07 Å². The summed E-state index contributed by atoms with van der Waals surface area (Å²) in [5.41, 5.74) is 1.79. The summed E-state index contributed by atoms with van der Waals surface area (Å²) in [5, 5.41) is 3.53. The van der Waals surface area contributed by atoms with Crippen LogP contribution < -0.4 is 5.32 Å². The summed E-state index contributed by atoms with van der Waals surface area (Å²) < 4.78 is 36.7. The molecule has 2 aromatic heterocycles. The van der Waals surface area contributed by atoms with Gasteiger partial charge in [-0.1, -0.05) is 18.2 Å². The number of anilines is 1. The smallest absolute Gasteiger partial charge is 0.306 e. The molecule has 7 heteroatoms. The molecule has 0 aliphatic rings. The number of fused-ring (bicyclic) bond motifs is 1. The number of nitrogens with zero attached hydrogens (tertiary/aromatic N) is 2. The molecule has 3 rings (SSSR count). The highest BCUT2D eigenvalue weighted by atomic mass is 19.4. The third-order valence-electron chi connectivity index (χ3n) is 3.67. The number of halogens is 3. The van der Waals surface area contributed by atoms with Gasteiger partial charge in [0.1, 0.15) is 5.82 Å². The van der Waals surface area contributed by atoms with Gasteiger partial charge in [-0.2, -0.15) is 13.2 Å². The van der Waals surface area contributed by atoms with E-state index in [4.69, 9.17) is 0 Å². The number of hydrogen-bond acceptors (Lipinski definition) is 3. The number of alkyl halides is 3. The maximum atomic E-state index is 12.4. The van der Waals surface area contributed by atoms with Crippen LogP contribution in [0, 0.1) is 6.92 Å². The van der Waals surface area contributed by atoms with Crippen molar-refractivity contribution in [2.45, 2.75) is 13.1 Å². The maximum Gasteiger partial charge on any atom is 0.409 e. The van der Waals surface area contributed by atoms with E-state index >= 15 is 0 Å². The first kappa shape index (κ1) is 17.6. The molecule has 4 nitrogen and oxygen atoms in total. The van der Waals surface area contributed by atoms with Crippen molar-refractivity contribution in [3.63, 3.8) is 0 Å². The Balaban J connectivity index is 1.79. The van der Waals surface area contributed by atoms with E-state index in [1.54, 1.807) is 31.3 Å². The molecular weight excluding hydrogens is 343 g/mol. The lowest BCUT2D eigenvalue weighted by molar-refractivity contribution is -0.0790. The number of nitrogens with one attached hydrogen (secondary N) is 1. The first-order valence-electron chi connectivity index (χ1n) is 7.71. The molecule has 1 amide bonds. The molecule has 132 valence electrons. The molecule has 0 saturated carbocycles. The van der Waals surface area contributed by atoms with Crippen LogP contribution in [0.3, 0.4) is 0 Å². The highest BCUT2D eigenvalue weighted by Gasteiger charge is 2.21. The lowest BCUT2D eigenvalue weighted by Gasteiger charge is -2.08. The Kier molecular flexibility index (Phi) is 4.71. The van der Waals surface area contributed by atoms with Gasteiger partial charge in [-0.3, -0.25) is 4.79 Å². The topological polar surface area (TPSA) is 54.9 Å². The molecule has 0 aliphatic carbocycles. The molecule has 1 N–H and O–H groups in total. The number of pyridine rings is 2. The van der Waals surface area contributed by atoms with E-state index in [0.29, 0.717) is 28.2 Å². The zero-order valence-corrected chi connectivity index (χ0v) is 13.7. The van der Waals surface area contributed by atoms with Crippen molar-refractivity contribution in [1.82, 2.24) is 9.97 Å². The Bertz CT molecular complexity index is 997. The van der Waals surface area contributed by atoms with E-state index in [0.717, 1.165) is 11.5 Å². The minimum Gasteiger partial charge on any atom is -0.306 e. The maximum absolute atomic E-state index is 12.4. The Labute approximate surface area is 147 Å². The van der Waals surface area contributed by atoms with Crippen molar-refractivity contribution >= 4 is 28.8 Å². The third-order valence-corrected chi connectivity index (χ3v) is 3.67. The zero-order valence-electron chi connectivity index (χ0n) is 13.7. The summed E-state index contributed by atoms with van der Waals surface area (Å²) in [5.74, 6) is -0.0433. The first-order valence-corrected chi connectivity index (χ1v) is 7.71. The predicted octanol–water partition coefficient (Wildman–Crippen LogP) is 4.77. The van der Waals surface area contributed by atoms with E-state index in [1.165, 1.54) is 18.2 Å². The molecule has 0 spiro atoms. The Morgan fingerprint density at radius 2 is 1.96 bits per heavy atom. The number of aromatic nitrogens is 2. The molecule has 0 fully saturated rings. The standard InChI is InChI=1S/C19H14F3N3O/c1-12-11-13(8-9-19(20,21)22)4-6-15(12)18(26)25-16-7-5-14-3-2-10-23-17(14)24-16/h2-11H,1H3,(H,23,24,25,26). The number of aryl methyl sites for hydroxylation is 1. The van der Waals surface area contributed by atoms with Crippen LogP contribution in [0.25, 0.3) is 17.1 Å². The average molecular weight is 357 g/mol. The van der Waals surface area contributed by atoms with Crippen LogP contribution in [-0.4, -0.2) is 22.1 Å². The highest BCUT2D eigenvalue weighted by Crippen LogP contribution is 2.20. The van der Waals surface area contributed by atoms with Crippen molar-refractivity contribution in [2.75, 3.05) is 5.32 Å². The molecule has 0 saturated heterocycles. The lowest BCUT2D eigenvalue weighted by atomic mass is 10.0. The van der Waals surface area contributed by atoms with Crippen molar-refractivity contribution in [3.05, 3.63) is 71.4 Å². The average Bonchev–Trinajstić information content (AvgIpc) is 2.59. The van der Waals surface area contributed by atoms with E-state index < -0.39 is 12.1 Å². The predicted molar refractivity (Wildman–Crippen MR) is 93.8 cm³/mol. The monoisotopic (exact) mass is 357 g/mol. The van der Waals surface area contributed by atoms with Crippen LogP contribution in [0.2, 0.25) is 0 Å². The first-order chi connectivity index (χ1) is 12.3. The largest absolute Gasteiger partial charge is 0.409 e. The molecule has 0 radical (unpaired) electrons. The number of carbonyl (C=O) groups is 1. The highest BCUT2D eigenvalue weighted by molar-refractivity contribution is 6.05. The van der Waals surface area contributed by atoms with Crippen molar-refractivity contribution in [3.8, 4) is 0 Å². The molecule has 26 heavy (non-hydrogen) atoms. The van der Waals surface area contributed by atoms with Gasteiger partial charge in [-0.25, -0.2) is 9.97 Å². The zero-order chi connectivity index (χ0) is 18.7. The number of hydrogen-bond donors (Lipinski definition) is 1. The molecule has 0 aliphatic heterocycles. The fourth-order valence-corrected chi connectivity index (χ4v) is 2.44. The van der Waals surface area contributed by atoms with Gasteiger partial charge in [0.15, 0.2) is 5.65 Å². The second kappa shape index (κ2) is 6.95. The Hall–Kier alpha value is -3.22. The normalized spacial score (nSPS) is 11.8. The van der Waals surface area contributed by atoms with Gasteiger partial charge in [-0.15, -0.1) is 0 Å². The number of allylic oxidation sites excluding steroid dienone is 1. The SMILES string of the molecule is Cc1cc(C=CC(F)(F)F)ccc1C(=O)Nc1ccc2cccnc2n1. The number of carbonyl (C=O) groups excluding carboxylic acids is 1. The molecule has 1 aromatic carbocycles. The summed E-state index contributed by atoms with van der Waals surface area (Å²) in [4.78, 5) is 20.8. The van der Waals surface area contributed by atoms with Gasteiger partial charge in [0.05, 0.1) is 0 Å². The van der Waals surface area contributed by atoms with Crippen molar-refractivity contribution in [1.29, 1.82) is 0 Å². The van der Waals surface area contributed by atoms with E-state index in [-0.39, 0.29) is 6.08 Å². The number of amides is 1. The molecule has 0 unspecified atom stereocenters. The van der Waals surface area contributed by atoms with Gasteiger partial charge < -0.3 is 5.32 Å². The summed E-state index contributed by atoms with van der Waals surface area (Å²) in [6, 6.07) is 11.6. The minimum absolute atomic E-state index is 0.160. The fraction of sp³-hybridized carbons (Fsp3) is 0.105. The number of rotatable bonds is 3. The van der Waals surface area contributed by atoms with Gasteiger partial charge in [0.2, 0.25) is 0 Å². The van der Waals surface area contributed by atoms with E-state index in [2.05, 4.69) is 15.3 Å². The second-order valence-corrected chi connectivity index (χ2v) is 5.65.